The number of nitrogens with one attached hydrogen (secondary N) is 1. The summed E-state index contributed by atoms with van der Waals surface area (Å²) >= 11 is 1.45. The number of aryl methyl sites for hydroxylation is 1. The molecule has 0 spiro atoms. The molecule has 1 aromatic carbocycles. The van der Waals surface area contributed by atoms with Crippen molar-refractivity contribution in [2.75, 3.05) is 25.5 Å². The van der Waals surface area contributed by atoms with Gasteiger partial charge in [-0.25, -0.2) is 0 Å². The maximum atomic E-state index is 11.9. The van der Waals surface area contributed by atoms with Gasteiger partial charge in [-0.3, -0.25) is 9.59 Å². The smallest absolute Gasteiger partial charge is 0.311 e. The number of carboxylic acid groups (broad SMARTS) is 1. The van der Waals surface area contributed by atoms with E-state index in [-0.39, 0.29) is 18.2 Å². The second-order valence-electron chi connectivity index (χ2n) is 5.58. The Bertz CT molecular complexity index is 523. The molecule has 0 unspecified atom stereocenters. The summed E-state index contributed by atoms with van der Waals surface area (Å²) in [5.74, 6) is -0.713. The van der Waals surface area contributed by atoms with Crippen molar-refractivity contribution in [1.82, 2.24) is 5.32 Å². The molecule has 0 atom stereocenters. The summed E-state index contributed by atoms with van der Waals surface area (Å²) in [6.07, 6.45) is 0.876. The van der Waals surface area contributed by atoms with E-state index in [1.807, 2.05) is 31.2 Å². The number of carbonyl (C=O) groups excluding carboxylic acids is 1. The van der Waals surface area contributed by atoms with Gasteiger partial charge in [0, 0.05) is 24.7 Å². The standard InChI is InChI=1S/C16H21NO4S/c1-12-2-4-13(5-3-12)22-10-14(18)17-11-16(15(19)20)6-8-21-9-7-16/h2-5H,6-11H2,1H3,(H,17,18)(H,19,20). The van der Waals surface area contributed by atoms with E-state index in [1.165, 1.54) is 17.3 Å². The van der Waals surface area contributed by atoms with Crippen LogP contribution in [0.3, 0.4) is 0 Å². The topological polar surface area (TPSA) is 75.6 Å². The van der Waals surface area contributed by atoms with Crippen LogP contribution in [-0.4, -0.2) is 42.5 Å². The summed E-state index contributed by atoms with van der Waals surface area (Å²) < 4.78 is 5.22. The highest BCUT2D eigenvalue weighted by Gasteiger charge is 2.40. The molecule has 1 saturated heterocycles. The summed E-state index contributed by atoms with van der Waals surface area (Å²) in [5, 5.41) is 12.2. The van der Waals surface area contributed by atoms with Gasteiger partial charge in [-0.15, -0.1) is 11.8 Å². The number of ether oxygens (including phenoxy) is 1. The minimum Gasteiger partial charge on any atom is -0.481 e. The van der Waals surface area contributed by atoms with Gasteiger partial charge in [-0.2, -0.15) is 0 Å². The molecule has 1 aliphatic rings. The molecular formula is C16H21NO4S. The summed E-state index contributed by atoms with van der Waals surface area (Å²) in [5.41, 5.74) is 0.291. The number of carboxylic acids is 1. The van der Waals surface area contributed by atoms with Gasteiger partial charge in [0.1, 0.15) is 0 Å². The van der Waals surface area contributed by atoms with Crippen LogP contribution in [0.2, 0.25) is 0 Å². The van der Waals surface area contributed by atoms with E-state index in [0.29, 0.717) is 26.1 Å². The van der Waals surface area contributed by atoms with Gasteiger partial charge < -0.3 is 15.2 Å². The number of hydrogen-bond donors (Lipinski definition) is 2. The lowest BCUT2D eigenvalue weighted by atomic mass is 9.80. The largest absolute Gasteiger partial charge is 0.481 e. The molecule has 0 radical (unpaired) electrons. The number of amides is 1. The Balaban J connectivity index is 1.81. The van der Waals surface area contributed by atoms with Crippen molar-refractivity contribution in [2.45, 2.75) is 24.7 Å². The third kappa shape index (κ3) is 4.48. The second-order valence-corrected chi connectivity index (χ2v) is 6.63. The Hall–Kier alpha value is -1.53. The van der Waals surface area contributed by atoms with Crippen molar-refractivity contribution in [3.05, 3.63) is 29.8 Å². The lowest BCUT2D eigenvalue weighted by Crippen LogP contribution is -2.46. The van der Waals surface area contributed by atoms with Crippen LogP contribution in [0.1, 0.15) is 18.4 Å². The lowest BCUT2D eigenvalue weighted by Gasteiger charge is -2.33. The summed E-state index contributed by atoms with van der Waals surface area (Å²) in [7, 11) is 0. The van der Waals surface area contributed by atoms with E-state index >= 15 is 0 Å². The summed E-state index contributed by atoms with van der Waals surface area (Å²) in [6.45, 7) is 3.04. The molecular weight excluding hydrogens is 302 g/mol. The van der Waals surface area contributed by atoms with Crippen molar-refractivity contribution < 1.29 is 19.4 Å². The third-order valence-electron chi connectivity index (χ3n) is 3.92. The molecule has 0 bridgehead atoms. The van der Waals surface area contributed by atoms with E-state index in [9.17, 15) is 14.7 Å². The van der Waals surface area contributed by atoms with Crippen molar-refractivity contribution >= 4 is 23.6 Å². The average molecular weight is 323 g/mol. The number of thioether (sulfide) groups is 1. The van der Waals surface area contributed by atoms with Crippen LogP contribution in [0.4, 0.5) is 0 Å². The van der Waals surface area contributed by atoms with Crippen LogP contribution in [0.25, 0.3) is 0 Å². The first kappa shape index (κ1) is 16.8. The number of aliphatic carboxylic acids is 1. The molecule has 2 rings (SSSR count). The summed E-state index contributed by atoms with van der Waals surface area (Å²) in [4.78, 5) is 24.5. The molecule has 0 saturated carbocycles. The zero-order valence-electron chi connectivity index (χ0n) is 12.6. The molecule has 1 aromatic rings. The first-order valence-corrected chi connectivity index (χ1v) is 8.28. The molecule has 120 valence electrons. The van der Waals surface area contributed by atoms with Crippen molar-refractivity contribution in [1.29, 1.82) is 0 Å². The second kappa shape index (κ2) is 7.65. The van der Waals surface area contributed by atoms with Gasteiger partial charge in [0.25, 0.3) is 0 Å². The Kier molecular flexibility index (Phi) is 5.85. The van der Waals surface area contributed by atoms with Crippen molar-refractivity contribution in [3.63, 3.8) is 0 Å². The Morgan fingerprint density at radius 2 is 1.91 bits per heavy atom. The number of hydrogen-bond acceptors (Lipinski definition) is 4. The number of carbonyl (C=O) groups is 2. The highest BCUT2D eigenvalue weighted by molar-refractivity contribution is 8.00. The van der Waals surface area contributed by atoms with Gasteiger partial charge in [0.2, 0.25) is 5.91 Å². The fourth-order valence-corrected chi connectivity index (χ4v) is 3.06. The van der Waals surface area contributed by atoms with Crippen molar-refractivity contribution in [2.24, 2.45) is 5.41 Å². The van der Waals surface area contributed by atoms with Crippen LogP contribution in [0.15, 0.2) is 29.2 Å². The van der Waals surface area contributed by atoms with Crippen LogP contribution < -0.4 is 5.32 Å². The van der Waals surface area contributed by atoms with Gasteiger partial charge in [-0.05, 0) is 31.9 Å². The zero-order valence-corrected chi connectivity index (χ0v) is 13.4. The normalized spacial score (nSPS) is 17.0. The fraction of sp³-hybridized carbons (Fsp3) is 0.500. The molecule has 0 aliphatic carbocycles. The molecule has 5 nitrogen and oxygen atoms in total. The molecule has 0 aromatic heterocycles. The van der Waals surface area contributed by atoms with Gasteiger partial charge in [0.05, 0.1) is 11.2 Å². The van der Waals surface area contributed by atoms with Crippen molar-refractivity contribution in [3.8, 4) is 0 Å². The molecule has 2 N–H and O–H groups in total. The SMILES string of the molecule is Cc1ccc(SCC(=O)NCC2(C(=O)O)CCOCC2)cc1. The van der Waals surface area contributed by atoms with Gasteiger partial charge in [0.15, 0.2) is 0 Å². The highest BCUT2D eigenvalue weighted by Crippen LogP contribution is 2.30. The van der Waals surface area contributed by atoms with Crippen LogP contribution >= 0.6 is 11.8 Å². The molecule has 1 heterocycles. The molecule has 1 amide bonds. The first-order chi connectivity index (χ1) is 10.5. The van der Waals surface area contributed by atoms with E-state index in [1.54, 1.807) is 0 Å². The summed E-state index contributed by atoms with van der Waals surface area (Å²) in [6, 6.07) is 7.96. The van der Waals surface area contributed by atoms with E-state index in [2.05, 4.69) is 5.32 Å². The molecule has 22 heavy (non-hydrogen) atoms. The van der Waals surface area contributed by atoms with E-state index in [4.69, 9.17) is 4.74 Å². The number of rotatable bonds is 6. The average Bonchev–Trinajstić information content (AvgIpc) is 2.53. The number of benzene rings is 1. The monoisotopic (exact) mass is 323 g/mol. The quantitative estimate of drug-likeness (QED) is 0.784. The minimum atomic E-state index is -0.886. The molecule has 1 aliphatic heterocycles. The Labute approximate surface area is 134 Å². The van der Waals surface area contributed by atoms with E-state index < -0.39 is 11.4 Å². The highest BCUT2D eigenvalue weighted by atomic mass is 32.2. The predicted molar refractivity (Wildman–Crippen MR) is 85.0 cm³/mol. The van der Waals surface area contributed by atoms with Gasteiger partial charge in [-0.1, -0.05) is 17.7 Å². The van der Waals surface area contributed by atoms with Crippen LogP contribution in [-0.2, 0) is 14.3 Å². The Morgan fingerprint density at radius 3 is 2.50 bits per heavy atom. The lowest BCUT2D eigenvalue weighted by molar-refractivity contribution is -0.154. The molecule has 6 heteroatoms. The van der Waals surface area contributed by atoms with Gasteiger partial charge >= 0.3 is 5.97 Å². The zero-order chi connectivity index (χ0) is 16.0. The van der Waals surface area contributed by atoms with Crippen LogP contribution in [0.5, 0.6) is 0 Å². The minimum absolute atomic E-state index is 0.141. The Morgan fingerprint density at radius 1 is 1.27 bits per heavy atom. The van der Waals surface area contributed by atoms with E-state index in [0.717, 1.165) is 4.90 Å². The van der Waals surface area contributed by atoms with Crippen LogP contribution in [0, 0.1) is 12.3 Å². The first-order valence-electron chi connectivity index (χ1n) is 7.29. The fourth-order valence-electron chi connectivity index (χ4n) is 2.33. The maximum Gasteiger partial charge on any atom is 0.311 e. The maximum absolute atomic E-state index is 11.9. The molecule has 1 fully saturated rings. The predicted octanol–water partition coefficient (Wildman–Crippen LogP) is 2.08. The third-order valence-corrected chi connectivity index (χ3v) is 4.93.